The van der Waals surface area contributed by atoms with Gasteiger partial charge < -0.3 is 0 Å². The third kappa shape index (κ3) is 1.57. The van der Waals surface area contributed by atoms with Gasteiger partial charge in [-0.1, -0.05) is 30.7 Å². The summed E-state index contributed by atoms with van der Waals surface area (Å²) < 4.78 is 0. The molecule has 2 atom stereocenters. The lowest BCUT2D eigenvalue weighted by molar-refractivity contribution is -0.131. The zero-order valence-corrected chi connectivity index (χ0v) is 8.92. The maximum Gasteiger partial charge on any atom is 0.137 e. The van der Waals surface area contributed by atoms with Crippen LogP contribution in [0.1, 0.15) is 31.2 Å². The Hall–Kier alpha value is -0.820. The maximum absolute atomic E-state index is 11.3. The highest BCUT2D eigenvalue weighted by atomic mass is 35.5. The van der Waals surface area contributed by atoms with E-state index in [1.54, 1.807) is 0 Å². The molecule has 0 aliphatic heterocycles. The summed E-state index contributed by atoms with van der Waals surface area (Å²) in [7, 11) is 0. The third-order valence-electron chi connectivity index (χ3n) is 3.06. The van der Waals surface area contributed by atoms with Gasteiger partial charge in [-0.3, -0.25) is 4.79 Å². The number of carbonyl (C=O) groups excluding carboxylic acids is 1. The third-order valence-corrected chi connectivity index (χ3v) is 3.31. The molecule has 0 aromatic heterocycles. The van der Waals surface area contributed by atoms with Crippen molar-refractivity contribution < 1.29 is 4.79 Å². The van der Waals surface area contributed by atoms with E-state index in [4.69, 9.17) is 11.6 Å². The Morgan fingerprint density at radius 2 is 2.00 bits per heavy atom. The van der Waals surface area contributed by atoms with E-state index in [2.05, 4.69) is 6.92 Å². The lowest BCUT2D eigenvalue weighted by atomic mass is 9.68. The fourth-order valence-corrected chi connectivity index (χ4v) is 2.27. The first kappa shape index (κ1) is 9.72. The summed E-state index contributed by atoms with van der Waals surface area (Å²) in [4.78, 5) is 11.3. The number of hydrogen-bond donors (Lipinski definition) is 0. The van der Waals surface area contributed by atoms with E-state index in [9.17, 15) is 4.79 Å². The first-order valence-corrected chi connectivity index (χ1v) is 5.38. The van der Waals surface area contributed by atoms with Crippen LogP contribution in [0.15, 0.2) is 24.3 Å². The molecule has 1 aliphatic carbocycles. The van der Waals surface area contributed by atoms with Gasteiger partial charge in [-0.05, 0) is 24.1 Å². The molecule has 1 aromatic carbocycles. The lowest BCUT2D eigenvalue weighted by Gasteiger charge is -2.34. The molecule has 0 amide bonds. The van der Waals surface area contributed by atoms with Crippen LogP contribution in [0.2, 0.25) is 5.02 Å². The molecule has 0 heterocycles. The molecular formula is C12H13ClO. The lowest BCUT2D eigenvalue weighted by Crippen LogP contribution is -2.34. The molecule has 1 saturated carbocycles. The number of rotatable bonds is 2. The van der Waals surface area contributed by atoms with Crippen molar-refractivity contribution in [1.82, 2.24) is 0 Å². The molecule has 1 nitrogen and oxygen atoms in total. The molecule has 0 bridgehead atoms. The van der Waals surface area contributed by atoms with Gasteiger partial charge in [0.05, 0.1) is 0 Å². The predicted octanol–water partition coefficient (Wildman–Crippen LogP) is 3.42. The zero-order valence-electron chi connectivity index (χ0n) is 8.16. The van der Waals surface area contributed by atoms with Crippen LogP contribution in [0, 0.1) is 5.92 Å². The Kier molecular flexibility index (Phi) is 2.60. The Morgan fingerprint density at radius 1 is 1.36 bits per heavy atom. The van der Waals surface area contributed by atoms with Crippen LogP contribution in [0.4, 0.5) is 0 Å². The number of carbonyl (C=O) groups is 1. The van der Waals surface area contributed by atoms with E-state index in [1.165, 1.54) is 5.56 Å². The van der Waals surface area contributed by atoms with Crippen LogP contribution in [0.3, 0.4) is 0 Å². The minimum Gasteiger partial charge on any atom is -0.299 e. The highest BCUT2D eigenvalue weighted by Crippen LogP contribution is 2.41. The van der Waals surface area contributed by atoms with Crippen LogP contribution < -0.4 is 0 Å². The summed E-state index contributed by atoms with van der Waals surface area (Å²) in [6, 6.07) is 7.85. The molecular weight excluding hydrogens is 196 g/mol. The molecule has 1 fully saturated rings. The Morgan fingerprint density at radius 3 is 2.50 bits per heavy atom. The highest BCUT2D eigenvalue weighted by molar-refractivity contribution is 6.30. The summed E-state index contributed by atoms with van der Waals surface area (Å²) in [5.41, 5.74) is 1.25. The van der Waals surface area contributed by atoms with E-state index in [-0.39, 0.29) is 5.92 Å². The molecule has 1 aliphatic rings. The zero-order chi connectivity index (χ0) is 10.1. The first-order valence-electron chi connectivity index (χ1n) is 5.00. The summed E-state index contributed by atoms with van der Waals surface area (Å²) in [5, 5.41) is 0.757. The van der Waals surface area contributed by atoms with Gasteiger partial charge in [-0.2, -0.15) is 0 Å². The fourth-order valence-electron chi connectivity index (χ4n) is 2.15. The predicted molar refractivity (Wildman–Crippen MR) is 57.6 cm³/mol. The van der Waals surface area contributed by atoms with Crippen molar-refractivity contribution in [3.8, 4) is 0 Å². The minimum atomic E-state index is 0.246. The van der Waals surface area contributed by atoms with Crippen molar-refractivity contribution in [2.24, 2.45) is 5.92 Å². The Bertz CT molecular complexity index is 342. The van der Waals surface area contributed by atoms with E-state index in [0.717, 1.165) is 11.4 Å². The number of Topliss-reactive ketones (excluding diaryl/α,β-unsaturated/α-hetero) is 1. The average molecular weight is 209 g/mol. The summed E-state index contributed by atoms with van der Waals surface area (Å²) >= 11 is 5.81. The monoisotopic (exact) mass is 208 g/mol. The normalized spacial score (nSPS) is 26.0. The SMILES string of the molecule is CCC1C(=O)CC1c1ccc(Cl)cc1. The molecule has 0 radical (unpaired) electrons. The average Bonchev–Trinajstić information content (AvgIpc) is 2.16. The van der Waals surface area contributed by atoms with Crippen molar-refractivity contribution in [2.75, 3.05) is 0 Å². The maximum atomic E-state index is 11.3. The summed E-state index contributed by atoms with van der Waals surface area (Å²) in [6.07, 6.45) is 1.66. The van der Waals surface area contributed by atoms with Crippen molar-refractivity contribution in [3.63, 3.8) is 0 Å². The van der Waals surface area contributed by atoms with Crippen LogP contribution in [0.5, 0.6) is 0 Å². The van der Waals surface area contributed by atoms with Crippen molar-refractivity contribution in [2.45, 2.75) is 25.7 Å². The second kappa shape index (κ2) is 3.74. The number of benzene rings is 1. The van der Waals surface area contributed by atoms with Gasteiger partial charge in [0, 0.05) is 23.3 Å². The molecule has 2 rings (SSSR count). The van der Waals surface area contributed by atoms with Crippen LogP contribution in [-0.2, 0) is 4.79 Å². The molecule has 1 aromatic rings. The molecule has 74 valence electrons. The minimum absolute atomic E-state index is 0.246. The Labute approximate surface area is 89.1 Å². The number of ketones is 1. The second-order valence-corrected chi connectivity index (χ2v) is 4.28. The van der Waals surface area contributed by atoms with Gasteiger partial charge in [0.15, 0.2) is 0 Å². The van der Waals surface area contributed by atoms with E-state index in [0.29, 0.717) is 18.1 Å². The van der Waals surface area contributed by atoms with Crippen molar-refractivity contribution in [3.05, 3.63) is 34.9 Å². The molecule has 0 saturated heterocycles. The van der Waals surface area contributed by atoms with Crippen molar-refractivity contribution >= 4 is 17.4 Å². The molecule has 2 unspecified atom stereocenters. The summed E-state index contributed by atoms with van der Waals surface area (Å²) in [6.45, 7) is 2.07. The van der Waals surface area contributed by atoms with Gasteiger partial charge in [-0.25, -0.2) is 0 Å². The summed E-state index contributed by atoms with van der Waals surface area (Å²) in [5.74, 6) is 1.09. The standard InChI is InChI=1S/C12H13ClO/c1-2-10-11(7-12(10)14)8-3-5-9(13)6-4-8/h3-6,10-11H,2,7H2,1H3. The molecule has 0 N–H and O–H groups in total. The molecule has 0 spiro atoms. The van der Waals surface area contributed by atoms with Gasteiger partial charge in [-0.15, -0.1) is 0 Å². The van der Waals surface area contributed by atoms with E-state index in [1.807, 2.05) is 24.3 Å². The van der Waals surface area contributed by atoms with Crippen molar-refractivity contribution in [1.29, 1.82) is 0 Å². The van der Waals surface area contributed by atoms with Crippen LogP contribution in [0.25, 0.3) is 0 Å². The van der Waals surface area contributed by atoms with E-state index >= 15 is 0 Å². The number of hydrogen-bond acceptors (Lipinski definition) is 1. The van der Waals surface area contributed by atoms with Gasteiger partial charge >= 0.3 is 0 Å². The molecule has 14 heavy (non-hydrogen) atoms. The second-order valence-electron chi connectivity index (χ2n) is 3.84. The van der Waals surface area contributed by atoms with Gasteiger partial charge in [0.25, 0.3) is 0 Å². The quantitative estimate of drug-likeness (QED) is 0.728. The highest BCUT2D eigenvalue weighted by Gasteiger charge is 2.38. The fraction of sp³-hybridized carbons (Fsp3) is 0.417. The van der Waals surface area contributed by atoms with Crippen LogP contribution >= 0.6 is 11.6 Å². The van der Waals surface area contributed by atoms with Gasteiger partial charge in [0.1, 0.15) is 5.78 Å². The smallest absolute Gasteiger partial charge is 0.137 e. The number of halogens is 1. The van der Waals surface area contributed by atoms with Crippen LogP contribution in [-0.4, -0.2) is 5.78 Å². The molecule has 2 heteroatoms. The van der Waals surface area contributed by atoms with Gasteiger partial charge in [0.2, 0.25) is 0 Å². The van der Waals surface area contributed by atoms with E-state index < -0.39 is 0 Å². The Balaban J connectivity index is 2.17. The topological polar surface area (TPSA) is 17.1 Å². The first-order chi connectivity index (χ1) is 6.72. The largest absolute Gasteiger partial charge is 0.299 e.